The zero-order valence-corrected chi connectivity index (χ0v) is 15.1. The number of benzene rings is 1. The minimum Gasteiger partial charge on any atom is -0.507 e. The lowest BCUT2D eigenvalue weighted by atomic mass is 10.0. The van der Waals surface area contributed by atoms with Gasteiger partial charge in [-0.2, -0.15) is 13.2 Å². The molecule has 1 aromatic rings. The third kappa shape index (κ3) is 5.35. The molecule has 1 aliphatic heterocycles. The van der Waals surface area contributed by atoms with Crippen molar-refractivity contribution in [3.05, 3.63) is 27.7 Å². The molecule has 1 atom stereocenters. The topological polar surface area (TPSA) is 35.5 Å². The lowest BCUT2D eigenvalue weighted by Gasteiger charge is -2.34. The van der Waals surface area contributed by atoms with E-state index < -0.39 is 30.2 Å². The Balaban J connectivity index is 0.00000242. The molecule has 0 saturated carbocycles. The van der Waals surface area contributed by atoms with Gasteiger partial charge >= 0.3 is 6.18 Å². The van der Waals surface area contributed by atoms with E-state index >= 15 is 0 Å². The fourth-order valence-electron chi connectivity index (χ4n) is 2.46. The van der Waals surface area contributed by atoms with Crippen molar-refractivity contribution in [3.63, 3.8) is 0 Å². The number of phenols is 1. The number of aromatic hydroxyl groups is 1. The van der Waals surface area contributed by atoms with Gasteiger partial charge in [-0.05, 0) is 12.1 Å². The second kappa shape index (κ2) is 9.27. The van der Waals surface area contributed by atoms with Crippen molar-refractivity contribution in [2.45, 2.75) is 12.2 Å². The van der Waals surface area contributed by atoms with Gasteiger partial charge in [0.1, 0.15) is 12.4 Å². The monoisotopic (exact) mass is 442 g/mol. The summed E-state index contributed by atoms with van der Waals surface area (Å²) in [6.07, 6.45) is -4.69. The van der Waals surface area contributed by atoms with Crippen LogP contribution in [-0.4, -0.2) is 42.9 Å². The van der Waals surface area contributed by atoms with Crippen LogP contribution >= 0.6 is 40.7 Å². The van der Waals surface area contributed by atoms with Crippen molar-refractivity contribution < 1.29 is 22.7 Å². The van der Waals surface area contributed by atoms with Crippen LogP contribution in [0, 0.1) is 0 Å². The van der Waals surface area contributed by atoms with E-state index in [0.29, 0.717) is 26.2 Å². The van der Waals surface area contributed by atoms with E-state index in [1.165, 1.54) is 6.07 Å². The van der Waals surface area contributed by atoms with E-state index in [2.05, 4.69) is 21.2 Å². The summed E-state index contributed by atoms with van der Waals surface area (Å²) in [4.78, 5) is 1.73. The molecule has 1 aliphatic rings. The Hall–Kier alpha value is -0.280. The molecule has 0 radical (unpaired) electrons. The molecule has 10 heteroatoms. The highest BCUT2D eigenvalue weighted by Gasteiger charge is 2.37. The molecular weight excluding hydrogens is 427 g/mol. The minimum atomic E-state index is -4.69. The number of hydrogen-bond acceptors (Lipinski definition) is 3. The quantitative estimate of drug-likeness (QED) is 0.694. The molecule has 0 aliphatic carbocycles. The van der Waals surface area contributed by atoms with Crippen molar-refractivity contribution in [2.75, 3.05) is 32.9 Å². The molecule has 3 nitrogen and oxygen atoms in total. The van der Waals surface area contributed by atoms with E-state index in [0.717, 1.165) is 6.07 Å². The van der Waals surface area contributed by atoms with Gasteiger partial charge in [-0.25, -0.2) is 4.39 Å². The van der Waals surface area contributed by atoms with Crippen LogP contribution in [0.2, 0.25) is 0 Å². The van der Waals surface area contributed by atoms with Crippen molar-refractivity contribution in [1.82, 2.24) is 10.2 Å². The molecule has 0 aromatic heterocycles. The van der Waals surface area contributed by atoms with Gasteiger partial charge in [0.15, 0.2) is 0 Å². The normalized spacial score (nSPS) is 17.1. The molecule has 1 fully saturated rings. The summed E-state index contributed by atoms with van der Waals surface area (Å²) < 4.78 is 52.3. The number of piperazine rings is 1. The molecule has 0 bridgehead atoms. The summed E-state index contributed by atoms with van der Waals surface area (Å²) in [5.41, 5.74) is -1.19. The number of rotatable bonds is 3. The van der Waals surface area contributed by atoms with E-state index in [1.807, 2.05) is 0 Å². The van der Waals surface area contributed by atoms with E-state index in [4.69, 9.17) is 0 Å². The summed E-state index contributed by atoms with van der Waals surface area (Å²) in [5.74, 6) is -0.896. The smallest absolute Gasteiger partial charge is 0.420 e. The maximum absolute atomic E-state index is 13.4. The predicted molar refractivity (Wildman–Crippen MR) is 88.5 cm³/mol. The third-order valence-corrected chi connectivity index (χ3v) is 3.96. The molecule has 23 heavy (non-hydrogen) atoms. The molecule has 1 aromatic carbocycles. The second-order valence-electron chi connectivity index (χ2n) is 4.85. The number of phenolic OH excluding ortho intramolecular Hbond substituents is 1. The van der Waals surface area contributed by atoms with Crippen LogP contribution in [-0.2, 0) is 6.18 Å². The molecule has 2 N–H and O–H groups in total. The highest BCUT2D eigenvalue weighted by atomic mass is 79.9. The van der Waals surface area contributed by atoms with E-state index in [1.54, 1.807) is 4.90 Å². The van der Waals surface area contributed by atoms with Gasteiger partial charge in [0.2, 0.25) is 0 Å². The fourth-order valence-corrected chi connectivity index (χ4v) is 2.94. The Morgan fingerprint density at radius 2 is 1.78 bits per heavy atom. The van der Waals surface area contributed by atoms with Crippen molar-refractivity contribution in [1.29, 1.82) is 0 Å². The summed E-state index contributed by atoms with van der Waals surface area (Å²) in [5, 5.41) is 13.0. The van der Waals surface area contributed by atoms with Crippen LogP contribution in [0.5, 0.6) is 5.75 Å². The fraction of sp³-hybridized carbons (Fsp3) is 0.538. The standard InChI is InChI=1S/C13H15BrF4N2O.2ClH/c14-8-5-9(12(21)10(6-8)13(16,17)18)11(7-15)20-3-1-19-2-4-20;;/h5-6,11,19,21H,1-4,7H2;2*1H/t11-;;/m0../s1. The highest BCUT2D eigenvalue weighted by molar-refractivity contribution is 9.10. The average molecular weight is 444 g/mol. The summed E-state index contributed by atoms with van der Waals surface area (Å²) >= 11 is 3.00. The van der Waals surface area contributed by atoms with Gasteiger partial charge in [-0.1, -0.05) is 15.9 Å². The summed E-state index contributed by atoms with van der Waals surface area (Å²) in [6.45, 7) is 1.44. The zero-order valence-electron chi connectivity index (χ0n) is 11.9. The SMILES string of the molecule is Cl.Cl.Oc1c([C@H](CF)N2CCNCC2)cc(Br)cc1C(F)(F)F. The Labute approximate surface area is 152 Å². The number of nitrogens with zero attached hydrogens (tertiary/aromatic N) is 1. The first-order valence-corrected chi connectivity index (χ1v) is 7.24. The van der Waals surface area contributed by atoms with Crippen LogP contribution in [0.3, 0.4) is 0 Å². The highest BCUT2D eigenvalue weighted by Crippen LogP contribution is 2.42. The molecule has 1 heterocycles. The lowest BCUT2D eigenvalue weighted by molar-refractivity contribution is -0.138. The van der Waals surface area contributed by atoms with Gasteiger partial charge in [0, 0.05) is 36.2 Å². The Morgan fingerprint density at radius 1 is 1.22 bits per heavy atom. The van der Waals surface area contributed by atoms with E-state index in [9.17, 15) is 22.7 Å². The third-order valence-electron chi connectivity index (χ3n) is 3.51. The summed E-state index contributed by atoms with van der Waals surface area (Å²) in [7, 11) is 0. The average Bonchev–Trinajstić information content (AvgIpc) is 2.43. The molecule has 0 amide bonds. The van der Waals surface area contributed by atoms with E-state index in [-0.39, 0.29) is 34.9 Å². The Morgan fingerprint density at radius 3 is 2.26 bits per heavy atom. The van der Waals surface area contributed by atoms with Gasteiger partial charge < -0.3 is 10.4 Å². The Kier molecular flexibility index (Phi) is 9.15. The van der Waals surface area contributed by atoms with Crippen LogP contribution < -0.4 is 5.32 Å². The molecular formula is C13H17BrCl2F4N2O. The van der Waals surface area contributed by atoms with Gasteiger partial charge in [0.25, 0.3) is 0 Å². The predicted octanol–water partition coefficient (Wildman–Crippen LogP) is 3.93. The van der Waals surface area contributed by atoms with Gasteiger partial charge in [0.05, 0.1) is 11.6 Å². The lowest BCUT2D eigenvalue weighted by Crippen LogP contribution is -2.45. The Bertz CT molecular complexity index is 513. The number of alkyl halides is 4. The van der Waals surface area contributed by atoms with Crippen LogP contribution in [0.25, 0.3) is 0 Å². The molecule has 1 saturated heterocycles. The van der Waals surface area contributed by atoms with Gasteiger partial charge in [-0.3, -0.25) is 4.90 Å². The zero-order chi connectivity index (χ0) is 15.6. The molecule has 0 spiro atoms. The first-order valence-electron chi connectivity index (χ1n) is 6.45. The van der Waals surface area contributed by atoms with Crippen molar-refractivity contribution >= 4 is 40.7 Å². The molecule has 0 unspecified atom stereocenters. The van der Waals surface area contributed by atoms with Gasteiger partial charge in [-0.15, -0.1) is 24.8 Å². The minimum absolute atomic E-state index is 0. The van der Waals surface area contributed by atoms with Crippen molar-refractivity contribution in [2.24, 2.45) is 0 Å². The van der Waals surface area contributed by atoms with Crippen LogP contribution in [0.1, 0.15) is 17.2 Å². The van der Waals surface area contributed by atoms with Crippen LogP contribution in [0.15, 0.2) is 16.6 Å². The molecule has 134 valence electrons. The number of nitrogens with one attached hydrogen (secondary N) is 1. The maximum Gasteiger partial charge on any atom is 0.420 e. The second-order valence-corrected chi connectivity index (χ2v) is 5.76. The van der Waals surface area contributed by atoms with Crippen LogP contribution in [0.4, 0.5) is 17.6 Å². The maximum atomic E-state index is 13.4. The molecule has 2 rings (SSSR count). The first-order chi connectivity index (χ1) is 9.84. The van der Waals surface area contributed by atoms with Crippen molar-refractivity contribution in [3.8, 4) is 5.75 Å². The summed E-state index contributed by atoms with van der Waals surface area (Å²) in [6, 6.07) is 1.26. The number of hydrogen-bond donors (Lipinski definition) is 2. The largest absolute Gasteiger partial charge is 0.507 e. The number of halogens is 7. The first kappa shape index (κ1) is 22.7.